The number of piperidine rings is 2. The molecule has 0 aromatic heterocycles. The number of hydrogen-bond acceptors (Lipinski definition) is 3. The van der Waals surface area contributed by atoms with Crippen molar-refractivity contribution in [3.05, 3.63) is 41.5 Å². The molecular formula is C31H59N3. The molecule has 2 aliphatic heterocycles. The van der Waals surface area contributed by atoms with Crippen molar-refractivity contribution in [2.24, 2.45) is 0 Å². The van der Waals surface area contributed by atoms with Crippen molar-refractivity contribution in [3.8, 4) is 0 Å². The molecular weight excluding hydrogens is 414 g/mol. The van der Waals surface area contributed by atoms with Gasteiger partial charge in [0, 0.05) is 17.5 Å². The maximum absolute atomic E-state index is 3.49. The summed E-state index contributed by atoms with van der Waals surface area (Å²) >= 11 is 0. The van der Waals surface area contributed by atoms with Crippen molar-refractivity contribution in [3.63, 3.8) is 0 Å². The van der Waals surface area contributed by atoms with Crippen LogP contribution in [0.2, 0.25) is 0 Å². The van der Waals surface area contributed by atoms with E-state index >= 15 is 0 Å². The van der Waals surface area contributed by atoms with Crippen LogP contribution < -0.4 is 10.6 Å². The summed E-state index contributed by atoms with van der Waals surface area (Å²) in [6.07, 6.45) is 10.3. The Morgan fingerprint density at radius 3 is 1.94 bits per heavy atom. The second-order valence-electron chi connectivity index (χ2n) is 8.85. The van der Waals surface area contributed by atoms with Gasteiger partial charge in [-0.15, -0.1) is 0 Å². The molecule has 0 amide bonds. The van der Waals surface area contributed by atoms with Gasteiger partial charge in [-0.3, -0.25) is 0 Å². The Balaban J connectivity index is 0.000000714. The number of likely N-dealkylation sites (tertiary alicyclic amines) is 1. The first-order valence-electron chi connectivity index (χ1n) is 14.5. The SMILES string of the molecule is CC.CC.CC.CC1=CC2(CCN(C3CCNCC3)CC2)c2ccccc21.CCC(CC)NC. The van der Waals surface area contributed by atoms with E-state index in [-0.39, 0.29) is 0 Å². The van der Waals surface area contributed by atoms with Crippen molar-refractivity contribution >= 4 is 5.57 Å². The monoisotopic (exact) mass is 473 g/mol. The predicted molar refractivity (Wildman–Crippen MR) is 156 cm³/mol. The normalized spacial score (nSPS) is 18.6. The molecule has 4 rings (SSSR count). The summed E-state index contributed by atoms with van der Waals surface area (Å²) in [5.74, 6) is 0. The van der Waals surface area contributed by atoms with E-state index in [0.29, 0.717) is 5.41 Å². The molecule has 3 nitrogen and oxygen atoms in total. The minimum atomic E-state index is 0.337. The Hall–Kier alpha value is -1.16. The van der Waals surface area contributed by atoms with E-state index in [9.17, 15) is 0 Å². The predicted octanol–water partition coefficient (Wildman–Crippen LogP) is 7.66. The first kappa shape index (κ1) is 32.8. The maximum Gasteiger partial charge on any atom is 0.0168 e. The molecule has 34 heavy (non-hydrogen) atoms. The Bertz CT molecular complexity index is 628. The molecule has 2 saturated heterocycles. The number of rotatable bonds is 4. The van der Waals surface area contributed by atoms with Gasteiger partial charge in [0.15, 0.2) is 0 Å². The second-order valence-corrected chi connectivity index (χ2v) is 8.85. The lowest BCUT2D eigenvalue weighted by Crippen LogP contribution is -2.49. The maximum atomic E-state index is 3.49. The molecule has 0 bridgehead atoms. The minimum absolute atomic E-state index is 0.337. The fraction of sp³-hybridized carbons (Fsp3) is 0.742. The van der Waals surface area contributed by atoms with Crippen LogP contribution in [0.3, 0.4) is 0 Å². The lowest BCUT2D eigenvalue weighted by Gasteiger charge is -2.43. The quantitative estimate of drug-likeness (QED) is 0.470. The lowest BCUT2D eigenvalue weighted by molar-refractivity contribution is 0.111. The van der Waals surface area contributed by atoms with Gasteiger partial charge in [-0.05, 0) is 95.4 Å². The van der Waals surface area contributed by atoms with Gasteiger partial charge in [-0.25, -0.2) is 0 Å². The van der Waals surface area contributed by atoms with Gasteiger partial charge in [-0.2, -0.15) is 0 Å². The standard InChI is InChI=1S/C19H26N2.C6H15N.3C2H6/c1-15-14-19(18-5-3-2-4-17(15)18)8-12-21(13-9-19)16-6-10-20-11-7-16;1-4-6(5-2)7-3;3*1-2/h2-5,14,16,20H,6-13H2,1H3;6-7H,4-5H2,1-3H3;3*1-2H3. The third-order valence-electron chi connectivity index (χ3n) is 7.29. The van der Waals surface area contributed by atoms with E-state index in [0.717, 1.165) is 12.1 Å². The molecule has 0 radical (unpaired) electrons. The van der Waals surface area contributed by atoms with Gasteiger partial charge in [0.2, 0.25) is 0 Å². The summed E-state index contributed by atoms with van der Waals surface area (Å²) in [5.41, 5.74) is 4.91. The van der Waals surface area contributed by atoms with Crippen LogP contribution in [0.15, 0.2) is 30.3 Å². The van der Waals surface area contributed by atoms with Crippen LogP contribution in [-0.2, 0) is 5.41 Å². The third-order valence-corrected chi connectivity index (χ3v) is 7.29. The summed E-state index contributed by atoms with van der Waals surface area (Å²) in [4.78, 5) is 2.76. The van der Waals surface area contributed by atoms with E-state index in [1.54, 1.807) is 5.56 Å². The van der Waals surface area contributed by atoms with Crippen LogP contribution in [0.1, 0.15) is 112 Å². The topological polar surface area (TPSA) is 27.3 Å². The molecule has 0 unspecified atom stereocenters. The van der Waals surface area contributed by atoms with Crippen molar-refractivity contribution in [1.29, 1.82) is 0 Å². The minimum Gasteiger partial charge on any atom is -0.317 e. The molecule has 2 fully saturated rings. The highest BCUT2D eigenvalue weighted by atomic mass is 15.2. The summed E-state index contributed by atoms with van der Waals surface area (Å²) in [6, 6.07) is 10.6. The van der Waals surface area contributed by atoms with Crippen LogP contribution in [-0.4, -0.2) is 50.2 Å². The number of fused-ring (bicyclic) bond motifs is 2. The Labute approximate surface area is 214 Å². The zero-order valence-corrected chi connectivity index (χ0v) is 24.6. The zero-order chi connectivity index (χ0) is 26.0. The largest absolute Gasteiger partial charge is 0.317 e. The van der Waals surface area contributed by atoms with Crippen LogP contribution in [0.25, 0.3) is 5.57 Å². The van der Waals surface area contributed by atoms with Gasteiger partial charge in [0.1, 0.15) is 0 Å². The van der Waals surface area contributed by atoms with E-state index < -0.39 is 0 Å². The van der Waals surface area contributed by atoms with Crippen LogP contribution in [0.4, 0.5) is 0 Å². The van der Waals surface area contributed by atoms with Gasteiger partial charge in [0.05, 0.1) is 0 Å². The Morgan fingerprint density at radius 1 is 0.941 bits per heavy atom. The molecule has 2 N–H and O–H groups in total. The third kappa shape index (κ3) is 9.13. The van der Waals surface area contributed by atoms with E-state index in [4.69, 9.17) is 0 Å². The van der Waals surface area contributed by atoms with Crippen LogP contribution in [0.5, 0.6) is 0 Å². The number of hydrogen-bond donors (Lipinski definition) is 2. The van der Waals surface area contributed by atoms with E-state index in [1.807, 2.05) is 48.6 Å². The van der Waals surface area contributed by atoms with Gasteiger partial charge >= 0.3 is 0 Å². The van der Waals surface area contributed by atoms with Crippen molar-refractivity contribution in [1.82, 2.24) is 15.5 Å². The van der Waals surface area contributed by atoms with E-state index in [2.05, 4.69) is 66.6 Å². The molecule has 1 aromatic rings. The molecule has 3 aliphatic rings. The molecule has 0 saturated carbocycles. The molecule has 3 heteroatoms. The van der Waals surface area contributed by atoms with Crippen molar-refractivity contribution < 1.29 is 0 Å². The number of benzene rings is 1. The summed E-state index contributed by atoms with van der Waals surface area (Å²) in [5, 5.41) is 6.69. The molecule has 1 spiro atoms. The summed E-state index contributed by atoms with van der Waals surface area (Å²) in [7, 11) is 2.01. The molecule has 0 atom stereocenters. The van der Waals surface area contributed by atoms with Crippen molar-refractivity contribution in [2.45, 2.75) is 118 Å². The van der Waals surface area contributed by atoms with Crippen molar-refractivity contribution in [2.75, 3.05) is 33.2 Å². The van der Waals surface area contributed by atoms with Crippen LogP contribution >= 0.6 is 0 Å². The molecule has 1 aromatic carbocycles. The zero-order valence-electron chi connectivity index (χ0n) is 24.6. The van der Waals surface area contributed by atoms with Crippen LogP contribution in [0, 0.1) is 0 Å². The second kappa shape index (κ2) is 19.1. The fourth-order valence-electron chi connectivity index (χ4n) is 5.40. The molecule has 1 aliphatic carbocycles. The first-order valence-corrected chi connectivity index (χ1v) is 14.5. The highest BCUT2D eigenvalue weighted by molar-refractivity contribution is 5.75. The summed E-state index contributed by atoms with van der Waals surface area (Å²) in [6.45, 7) is 23.6. The van der Waals surface area contributed by atoms with E-state index in [1.165, 1.54) is 75.8 Å². The first-order chi connectivity index (χ1) is 16.6. The van der Waals surface area contributed by atoms with Gasteiger partial charge < -0.3 is 15.5 Å². The summed E-state index contributed by atoms with van der Waals surface area (Å²) < 4.78 is 0. The van der Waals surface area contributed by atoms with Gasteiger partial charge in [-0.1, -0.05) is 85.7 Å². The lowest BCUT2D eigenvalue weighted by atomic mass is 9.74. The molecule has 2 heterocycles. The fourth-order valence-corrected chi connectivity index (χ4v) is 5.40. The smallest absolute Gasteiger partial charge is 0.0168 e. The number of nitrogens with one attached hydrogen (secondary N) is 2. The average Bonchev–Trinajstić information content (AvgIpc) is 3.21. The number of allylic oxidation sites excluding steroid dienone is 2. The van der Waals surface area contributed by atoms with Gasteiger partial charge in [0.25, 0.3) is 0 Å². The number of nitrogens with zero attached hydrogens (tertiary/aromatic N) is 1. The highest BCUT2D eigenvalue weighted by Crippen LogP contribution is 2.47. The Kier molecular flexibility index (Phi) is 18.4. The Morgan fingerprint density at radius 2 is 1.47 bits per heavy atom. The highest BCUT2D eigenvalue weighted by Gasteiger charge is 2.40. The average molecular weight is 474 g/mol. The molecule has 198 valence electrons.